The smallest absolute Gasteiger partial charge is 0.277 e. The molecule has 0 aliphatic carbocycles. The molecular weight excluding hydrogens is 369 g/mol. The van der Waals surface area contributed by atoms with Gasteiger partial charge in [-0.15, -0.1) is 0 Å². The molecule has 0 amide bonds. The van der Waals surface area contributed by atoms with Crippen molar-refractivity contribution in [2.24, 2.45) is 5.14 Å². The fourth-order valence-corrected chi connectivity index (χ4v) is 4.14. The highest BCUT2D eigenvalue weighted by atomic mass is 32.2. The summed E-state index contributed by atoms with van der Waals surface area (Å²) in [5, 5.41) is 6.01. The summed E-state index contributed by atoms with van der Waals surface area (Å²) in [6.07, 6.45) is 2.05. The van der Waals surface area contributed by atoms with Gasteiger partial charge in [0.2, 0.25) is 0 Å². The van der Waals surface area contributed by atoms with E-state index in [2.05, 4.69) is 4.98 Å². The minimum absolute atomic E-state index is 0.0648. The molecule has 140 valence electrons. The van der Waals surface area contributed by atoms with Crippen LogP contribution in [0.15, 0.2) is 42.6 Å². The average molecular weight is 387 g/mol. The fourth-order valence-electron chi connectivity index (χ4n) is 3.48. The zero-order valence-electron chi connectivity index (χ0n) is 14.6. The second-order valence-corrected chi connectivity index (χ2v) is 7.98. The van der Waals surface area contributed by atoms with Gasteiger partial charge in [-0.25, -0.2) is 9.53 Å². The van der Waals surface area contributed by atoms with Crippen molar-refractivity contribution in [3.8, 4) is 16.9 Å². The van der Waals surface area contributed by atoms with Crippen LogP contribution in [0, 0.1) is 5.82 Å². The van der Waals surface area contributed by atoms with Crippen molar-refractivity contribution in [2.45, 2.75) is 13.0 Å². The van der Waals surface area contributed by atoms with Gasteiger partial charge in [-0.1, -0.05) is 12.1 Å². The molecule has 2 N–H and O–H groups in total. The Bertz CT molecular complexity index is 1150. The second kappa shape index (κ2) is 6.56. The van der Waals surface area contributed by atoms with Crippen molar-refractivity contribution in [3.63, 3.8) is 0 Å². The first-order valence-corrected chi connectivity index (χ1v) is 9.90. The summed E-state index contributed by atoms with van der Waals surface area (Å²) in [6, 6.07) is 10.8. The van der Waals surface area contributed by atoms with Gasteiger partial charge in [0.05, 0.1) is 12.6 Å². The summed E-state index contributed by atoms with van der Waals surface area (Å²) in [4.78, 5) is 4.33. The van der Waals surface area contributed by atoms with Crippen molar-refractivity contribution in [1.29, 1.82) is 0 Å². The Labute approximate surface area is 156 Å². The first-order chi connectivity index (χ1) is 12.9. The number of halogens is 1. The molecule has 0 saturated carbocycles. The van der Waals surface area contributed by atoms with Crippen LogP contribution in [0.2, 0.25) is 0 Å². The zero-order chi connectivity index (χ0) is 19.2. The maximum atomic E-state index is 15.4. The summed E-state index contributed by atoms with van der Waals surface area (Å²) in [5.41, 5.74) is 2.95. The lowest BCUT2D eigenvalue weighted by molar-refractivity contribution is 0.382. The number of nitrogens with zero attached hydrogens (tertiary/aromatic N) is 2. The Morgan fingerprint density at radius 2 is 2.00 bits per heavy atom. The number of benzene rings is 2. The minimum Gasteiger partial charge on any atom is -0.497 e. The summed E-state index contributed by atoms with van der Waals surface area (Å²) in [6.45, 7) is 0.188. The molecule has 0 fully saturated rings. The van der Waals surface area contributed by atoms with Gasteiger partial charge in [0.25, 0.3) is 10.2 Å². The van der Waals surface area contributed by atoms with Crippen LogP contribution in [-0.2, 0) is 23.2 Å². The lowest BCUT2D eigenvalue weighted by atomic mass is 9.93. The molecule has 3 aromatic rings. The molecule has 0 radical (unpaired) electrons. The maximum Gasteiger partial charge on any atom is 0.277 e. The molecule has 2 heterocycles. The van der Waals surface area contributed by atoms with Crippen LogP contribution in [0.3, 0.4) is 0 Å². The Hall–Kier alpha value is -2.55. The molecular formula is C19H18FN3O3S. The molecule has 4 rings (SSSR count). The lowest BCUT2D eigenvalue weighted by Crippen LogP contribution is -2.40. The molecule has 1 aliphatic rings. The molecule has 8 heteroatoms. The predicted molar refractivity (Wildman–Crippen MR) is 101 cm³/mol. The minimum atomic E-state index is -3.86. The molecule has 6 nitrogen and oxygen atoms in total. The Balaban J connectivity index is 1.86. The molecule has 0 bridgehead atoms. The third-order valence-electron chi connectivity index (χ3n) is 4.91. The van der Waals surface area contributed by atoms with E-state index in [1.807, 2.05) is 12.1 Å². The number of hydrogen-bond donors (Lipinski definition) is 1. The van der Waals surface area contributed by atoms with Crippen LogP contribution in [0.25, 0.3) is 22.0 Å². The van der Waals surface area contributed by atoms with Crippen LogP contribution in [0.1, 0.15) is 11.1 Å². The second-order valence-electron chi connectivity index (χ2n) is 6.43. The molecule has 1 aromatic heterocycles. The number of ether oxygens (including phenoxy) is 1. The van der Waals surface area contributed by atoms with Crippen LogP contribution < -0.4 is 9.88 Å². The highest BCUT2D eigenvalue weighted by molar-refractivity contribution is 7.86. The topological polar surface area (TPSA) is 85.5 Å². The number of methoxy groups -OCH3 is 1. The van der Waals surface area contributed by atoms with Gasteiger partial charge in [0.1, 0.15) is 11.6 Å². The first-order valence-electron chi connectivity index (χ1n) is 8.40. The highest BCUT2D eigenvalue weighted by Crippen LogP contribution is 2.35. The summed E-state index contributed by atoms with van der Waals surface area (Å²) in [7, 11) is -2.29. The normalized spacial score (nSPS) is 14.9. The monoisotopic (exact) mass is 387 g/mol. The van der Waals surface area contributed by atoms with Crippen molar-refractivity contribution >= 4 is 21.1 Å². The van der Waals surface area contributed by atoms with Crippen LogP contribution in [0.4, 0.5) is 4.39 Å². The third kappa shape index (κ3) is 3.16. The number of pyridine rings is 1. The summed E-state index contributed by atoms with van der Waals surface area (Å²) >= 11 is 0. The van der Waals surface area contributed by atoms with Crippen molar-refractivity contribution in [2.75, 3.05) is 13.7 Å². The standard InChI is InChI=1S/C19H18FN3O3S/c1-26-13-3-5-15-14(6-8-22-18(15)10-13)16-4-2-12-7-9-23(27(21,24)25)11-17(12)19(16)20/h2-6,8,10H,7,9,11H2,1H3,(H2,21,24,25). The van der Waals surface area contributed by atoms with Gasteiger partial charge in [0.15, 0.2) is 0 Å². The van der Waals surface area contributed by atoms with Gasteiger partial charge < -0.3 is 4.74 Å². The van der Waals surface area contributed by atoms with Crippen molar-refractivity contribution in [3.05, 3.63) is 59.5 Å². The molecule has 0 atom stereocenters. The van der Waals surface area contributed by atoms with E-state index in [0.29, 0.717) is 34.4 Å². The molecule has 0 saturated heterocycles. The maximum absolute atomic E-state index is 15.4. The predicted octanol–water partition coefficient (Wildman–Crippen LogP) is 2.61. The first kappa shape index (κ1) is 17.8. The average Bonchev–Trinajstić information content (AvgIpc) is 2.66. The van der Waals surface area contributed by atoms with Gasteiger partial charge in [-0.3, -0.25) is 4.98 Å². The van der Waals surface area contributed by atoms with E-state index < -0.39 is 16.0 Å². The SMILES string of the molecule is COc1ccc2c(-c3ccc4c(c3F)CN(S(N)(=O)=O)CC4)ccnc2c1. The van der Waals surface area contributed by atoms with E-state index in [1.165, 1.54) is 0 Å². The zero-order valence-corrected chi connectivity index (χ0v) is 15.5. The van der Waals surface area contributed by atoms with Crippen molar-refractivity contribution in [1.82, 2.24) is 9.29 Å². The Morgan fingerprint density at radius 1 is 1.19 bits per heavy atom. The molecule has 2 aromatic carbocycles. The third-order valence-corrected chi connectivity index (χ3v) is 5.94. The quantitative estimate of drug-likeness (QED) is 0.749. The van der Waals surface area contributed by atoms with Gasteiger partial charge in [-0.05, 0) is 35.7 Å². The lowest BCUT2D eigenvalue weighted by Gasteiger charge is -2.27. The fraction of sp³-hybridized carbons (Fsp3) is 0.211. The van der Waals surface area contributed by atoms with E-state index in [1.54, 1.807) is 37.6 Å². The number of aromatic nitrogens is 1. The van der Waals surface area contributed by atoms with Gasteiger partial charge in [-0.2, -0.15) is 12.7 Å². The summed E-state index contributed by atoms with van der Waals surface area (Å²) in [5.74, 6) is 0.242. The van der Waals surface area contributed by atoms with Crippen LogP contribution in [0.5, 0.6) is 5.75 Å². The number of fused-ring (bicyclic) bond motifs is 2. The van der Waals surface area contributed by atoms with E-state index >= 15 is 4.39 Å². The Kier molecular flexibility index (Phi) is 4.33. The molecule has 1 aliphatic heterocycles. The largest absolute Gasteiger partial charge is 0.497 e. The molecule has 27 heavy (non-hydrogen) atoms. The Morgan fingerprint density at radius 3 is 2.74 bits per heavy atom. The van der Waals surface area contributed by atoms with Gasteiger partial charge in [0, 0.05) is 41.9 Å². The van der Waals surface area contributed by atoms with Crippen LogP contribution >= 0.6 is 0 Å². The van der Waals surface area contributed by atoms with E-state index in [9.17, 15) is 8.42 Å². The summed E-state index contributed by atoms with van der Waals surface area (Å²) < 4.78 is 45.0. The molecule has 0 spiro atoms. The highest BCUT2D eigenvalue weighted by Gasteiger charge is 2.27. The number of rotatable bonds is 3. The number of hydrogen-bond acceptors (Lipinski definition) is 4. The van der Waals surface area contributed by atoms with E-state index in [-0.39, 0.29) is 13.1 Å². The van der Waals surface area contributed by atoms with E-state index in [4.69, 9.17) is 9.88 Å². The van der Waals surface area contributed by atoms with E-state index in [0.717, 1.165) is 15.3 Å². The number of nitrogens with two attached hydrogens (primary N) is 1. The van der Waals surface area contributed by atoms with Gasteiger partial charge >= 0.3 is 0 Å². The van der Waals surface area contributed by atoms with Crippen LogP contribution in [-0.4, -0.2) is 31.4 Å². The van der Waals surface area contributed by atoms with Crippen molar-refractivity contribution < 1.29 is 17.5 Å². The molecule has 0 unspecified atom stereocenters.